The van der Waals surface area contributed by atoms with Crippen molar-refractivity contribution in [3.63, 3.8) is 0 Å². The van der Waals surface area contributed by atoms with Gasteiger partial charge >= 0.3 is 0 Å². The van der Waals surface area contributed by atoms with Gasteiger partial charge in [-0.05, 0) is 65.7 Å². The van der Waals surface area contributed by atoms with Crippen LogP contribution in [0, 0.1) is 0 Å². The number of benzene rings is 6. The Balaban J connectivity index is 1.30. The largest absolute Gasteiger partial charge is 0.450 e. The van der Waals surface area contributed by atoms with Gasteiger partial charge in [0.05, 0.1) is 11.0 Å². The average molecular weight is 579 g/mol. The highest BCUT2D eigenvalue weighted by Crippen LogP contribution is 2.41. The third-order valence-electron chi connectivity index (χ3n) is 8.49. The number of para-hydroxylation sites is 3. The second-order valence-corrected chi connectivity index (χ2v) is 11.1. The summed E-state index contributed by atoms with van der Waals surface area (Å²) in [6.07, 6.45) is 1.65. The van der Waals surface area contributed by atoms with Crippen molar-refractivity contribution >= 4 is 60.9 Å². The monoisotopic (exact) mass is 578 g/mol. The quantitative estimate of drug-likeness (QED) is 0.204. The maximum atomic E-state index is 6.56. The van der Waals surface area contributed by atoms with E-state index in [0.29, 0.717) is 11.4 Å². The lowest BCUT2D eigenvalue weighted by atomic mass is 10.0. The van der Waals surface area contributed by atoms with E-state index in [1.165, 1.54) is 0 Å². The fourth-order valence-electron chi connectivity index (χ4n) is 6.46. The Morgan fingerprint density at radius 3 is 1.91 bits per heavy atom. The third-order valence-corrected chi connectivity index (χ3v) is 8.49. The second kappa shape index (κ2) is 10.2. The lowest BCUT2D eigenvalue weighted by Gasteiger charge is -2.25. The molecule has 0 saturated carbocycles. The summed E-state index contributed by atoms with van der Waals surface area (Å²) in [4.78, 5) is 11.9. The second-order valence-electron chi connectivity index (χ2n) is 11.1. The molecule has 9 rings (SSSR count). The number of anilines is 3. The number of aromatic nitrogens is 3. The minimum atomic E-state index is 0.661. The van der Waals surface area contributed by atoms with Crippen LogP contribution in [0.1, 0.15) is 0 Å². The topological polar surface area (TPSA) is 47.1 Å². The normalized spacial score (nSPS) is 11.6. The summed E-state index contributed by atoms with van der Waals surface area (Å²) in [5.41, 5.74) is 9.83. The summed E-state index contributed by atoms with van der Waals surface area (Å²) in [6, 6.07) is 52.7. The molecule has 0 N–H and O–H groups in total. The molecule has 212 valence electrons. The van der Waals surface area contributed by atoms with Gasteiger partial charge in [-0.25, -0.2) is 9.97 Å². The van der Waals surface area contributed by atoms with Crippen molar-refractivity contribution in [2.24, 2.45) is 0 Å². The van der Waals surface area contributed by atoms with Crippen LogP contribution >= 0.6 is 0 Å². The molecule has 0 unspecified atom stereocenters. The summed E-state index contributed by atoms with van der Waals surface area (Å²) >= 11 is 0. The molecule has 0 aliphatic heterocycles. The molecule has 0 atom stereocenters. The number of furan rings is 1. The van der Waals surface area contributed by atoms with Crippen LogP contribution in [0.5, 0.6) is 0 Å². The number of fused-ring (bicyclic) bond motifs is 6. The Morgan fingerprint density at radius 1 is 0.489 bits per heavy atom. The molecule has 0 spiro atoms. The predicted molar refractivity (Wildman–Crippen MR) is 184 cm³/mol. The fraction of sp³-hybridized carbons (Fsp3) is 0. The van der Waals surface area contributed by atoms with Crippen LogP contribution in [0.15, 0.2) is 162 Å². The maximum absolute atomic E-state index is 6.56. The molecule has 0 aliphatic rings. The summed E-state index contributed by atoms with van der Waals surface area (Å²) in [5.74, 6) is 0.715. The molecule has 0 radical (unpaired) electrons. The first-order chi connectivity index (χ1) is 22.3. The van der Waals surface area contributed by atoms with Crippen LogP contribution in [0.2, 0.25) is 0 Å². The lowest BCUT2D eigenvalue weighted by molar-refractivity contribution is 0.662. The van der Waals surface area contributed by atoms with Gasteiger partial charge in [-0.2, -0.15) is 0 Å². The van der Waals surface area contributed by atoms with E-state index < -0.39 is 0 Å². The molecular formula is C40H26N4O. The fourth-order valence-corrected chi connectivity index (χ4v) is 6.46. The van der Waals surface area contributed by atoms with Gasteiger partial charge in [-0.3, -0.25) is 4.57 Å². The van der Waals surface area contributed by atoms with Gasteiger partial charge in [0, 0.05) is 33.2 Å². The van der Waals surface area contributed by atoms with E-state index in [9.17, 15) is 0 Å². The van der Waals surface area contributed by atoms with Crippen molar-refractivity contribution in [3.8, 4) is 16.9 Å². The van der Waals surface area contributed by atoms with Gasteiger partial charge in [0.15, 0.2) is 11.4 Å². The number of rotatable bonds is 5. The molecule has 0 aliphatic carbocycles. The van der Waals surface area contributed by atoms with E-state index in [2.05, 4.69) is 137 Å². The van der Waals surface area contributed by atoms with Crippen molar-refractivity contribution in [2.75, 3.05) is 4.90 Å². The van der Waals surface area contributed by atoms with E-state index in [1.54, 1.807) is 6.33 Å². The Labute approximate surface area is 259 Å². The zero-order valence-corrected chi connectivity index (χ0v) is 24.2. The average Bonchev–Trinajstić information content (AvgIpc) is 3.65. The molecule has 5 heteroatoms. The molecule has 0 saturated heterocycles. The van der Waals surface area contributed by atoms with Crippen LogP contribution in [0.3, 0.4) is 0 Å². The van der Waals surface area contributed by atoms with Crippen LogP contribution in [-0.4, -0.2) is 14.5 Å². The summed E-state index contributed by atoms with van der Waals surface area (Å²) in [6.45, 7) is 0. The van der Waals surface area contributed by atoms with E-state index in [0.717, 1.165) is 66.5 Å². The number of hydrogen-bond donors (Lipinski definition) is 0. The minimum Gasteiger partial charge on any atom is -0.450 e. The smallest absolute Gasteiger partial charge is 0.197 e. The molecule has 9 aromatic rings. The maximum Gasteiger partial charge on any atom is 0.197 e. The third kappa shape index (κ3) is 4.09. The molecule has 45 heavy (non-hydrogen) atoms. The number of hydrogen-bond acceptors (Lipinski definition) is 4. The van der Waals surface area contributed by atoms with Crippen molar-refractivity contribution in [1.82, 2.24) is 14.5 Å². The minimum absolute atomic E-state index is 0.661. The Kier molecular flexibility index (Phi) is 5.74. The van der Waals surface area contributed by atoms with Crippen molar-refractivity contribution in [1.29, 1.82) is 0 Å². The molecular weight excluding hydrogens is 552 g/mol. The van der Waals surface area contributed by atoms with Crippen LogP contribution in [-0.2, 0) is 0 Å². The van der Waals surface area contributed by atoms with Crippen LogP contribution < -0.4 is 4.90 Å². The standard InChI is InChI=1S/C40H26N4O/c1-4-12-27(13-5-1)28-20-23-37-34(24-28)38-39(45-37)40(42-26-41-38)44-35-19-11-10-18-32(35)33-22-21-31(25-36(33)44)43(29-14-6-2-7-15-29)30-16-8-3-9-17-30/h1-26H. The van der Waals surface area contributed by atoms with E-state index >= 15 is 0 Å². The van der Waals surface area contributed by atoms with Crippen LogP contribution in [0.25, 0.3) is 60.8 Å². The van der Waals surface area contributed by atoms with Crippen molar-refractivity contribution < 1.29 is 4.42 Å². The first kappa shape index (κ1) is 25.3. The highest BCUT2D eigenvalue weighted by Gasteiger charge is 2.21. The van der Waals surface area contributed by atoms with Crippen molar-refractivity contribution in [2.45, 2.75) is 0 Å². The zero-order chi connectivity index (χ0) is 29.7. The Bertz CT molecular complexity index is 2440. The predicted octanol–water partition coefficient (Wildman–Crippen LogP) is 10.6. The molecule has 5 nitrogen and oxygen atoms in total. The van der Waals surface area contributed by atoms with Gasteiger partial charge in [0.25, 0.3) is 0 Å². The van der Waals surface area contributed by atoms with E-state index in [-0.39, 0.29) is 0 Å². The first-order valence-corrected chi connectivity index (χ1v) is 15.0. The summed E-state index contributed by atoms with van der Waals surface area (Å²) in [5, 5.41) is 3.26. The van der Waals surface area contributed by atoms with Gasteiger partial charge in [0.1, 0.15) is 17.4 Å². The summed E-state index contributed by atoms with van der Waals surface area (Å²) < 4.78 is 8.77. The van der Waals surface area contributed by atoms with Gasteiger partial charge in [-0.1, -0.05) is 97.1 Å². The van der Waals surface area contributed by atoms with E-state index in [1.807, 2.05) is 24.3 Å². The van der Waals surface area contributed by atoms with Crippen LogP contribution in [0.4, 0.5) is 17.1 Å². The molecule has 0 amide bonds. The zero-order valence-electron chi connectivity index (χ0n) is 24.2. The van der Waals surface area contributed by atoms with Gasteiger partial charge in [0.2, 0.25) is 0 Å². The highest BCUT2D eigenvalue weighted by atomic mass is 16.3. The molecule has 6 aromatic carbocycles. The van der Waals surface area contributed by atoms with Gasteiger partial charge < -0.3 is 9.32 Å². The highest BCUT2D eigenvalue weighted by molar-refractivity contribution is 6.12. The molecule has 0 bridgehead atoms. The van der Waals surface area contributed by atoms with E-state index in [4.69, 9.17) is 14.4 Å². The number of nitrogens with zero attached hydrogens (tertiary/aromatic N) is 4. The molecule has 0 fully saturated rings. The Morgan fingerprint density at radius 2 is 1.16 bits per heavy atom. The SMILES string of the molecule is c1ccc(-c2ccc3oc4c(-n5c6ccccc6c6ccc(N(c7ccccc7)c7ccccc7)cc65)ncnc4c3c2)cc1. The Hall–Kier alpha value is -6.20. The van der Waals surface area contributed by atoms with Gasteiger partial charge in [-0.15, -0.1) is 0 Å². The van der Waals surface area contributed by atoms with Crippen molar-refractivity contribution in [3.05, 3.63) is 158 Å². The lowest BCUT2D eigenvalue weighted by Crippen LogP contribution is -2.09. The molecule has 3 aromatic heterocycles. The summed E-state index contributed by atoms with van der Waals surface area (Å²) in [7, 11) is 0. The first-order valence-electron chi connectivity index (χ1n) is 15.0. The molecule has 3 heterocycles.